The van der Waals surface area contributed by atoms with Gasteiger partial charge in [-0.15, -0.1) is 0 Å². The lowest BCUT2D eigenvalue weighted by Gasteiger charge is -2.32. The average molecular weight is 345 g/mol. The zero-order valence-corrected chi connectivity index (χ0v) is 14.4. The zero-order valence-electron chi connectivity index (χ0n) is 14.4. The summed E-state index contributed by atoms with van der Waals surface area (Å²) in [6.07, 6.45) is 0. The largest absolute Gasteiger partial charge is 0.464 e. The molecule has 2 aromatic rings. The van der Waals surface area contributed by atoms with Gasteiger partial charge in [-0.05, 0) is 24.6 Å². The molecular formula is C21H19N3O2. The molecule has 0 bridgehead atoms. The Kier molecular flexibility index (Phi) is 5.20. The van der Waals surface area contributed by atoms with Gasteiger partial charge < -0.3 is 9.64 Å². The van der Waals surface area contributed by atoms with Gasteiger partial charge >= 0.3 is 5.97 Å². The average Bonchev–Trinajstić information content (AvgIpc) is 3.03. The maximum absolute atomic E-state index is 12.7. The summed E-state index contributed by atoms with van der Waals surface area (Å²) in [4.78, 5) is 14.6. The molecule has 2 aromatic carbocycles. The van der Waals surface area contributed by atoms with E-state index in [1.807, 2.05) is 65.6 Å². The highest BCUT2D eigenvalue weighted by Crippen LogP contribution is 2.47. The third-order valence-electron chi connectivity index (χ3n) is 4.69. The molecule has 0 aromatic heterocycles. The number of hydrogen-bond acceptors (Lipinski definition) is 5. The van der Waals surface area contributed by atoms with Crippen molar-refractivity contribution in [2.24, 2.45) is 11.8 Å². The number of rotatable bonds is 4. The van der Waals surface area contributed by atoms with E-state index in [9.17, 15) is 15.3 Å². The van der Waals surface area contributed by atoms with Crippen molar-refractivity contribution in [3.63, 3.8) is 0 Å². The summed E-state index contributed by atoms with van der Waals surface area (Å²) in [5.41, 5.74) is 1.69. The molecule has 0 spiro atoms. The van der Waals surface area contributed by atoms with Crippen LogP contribution in [0.15, 0.2) is 60.7 Å². The van der Waals surface area contributed by atoms with Gasteiger partial charge in [-0.25, -0.2) is 4.79 Å². The Labute approximate surface area is 153 Å². The van der Waals surface area contributed by atoms with Gasteiger partial charge in [-0.1, -0.05) is 48.5 Å². The van der Waals surface area contributed by atoms with Crippen LogP contribution in [0.5, 0.6) is 0 Å². The van der Waals surface area contributed by atoms with Crippen molar-refractivity contribution >= 4 is 11.7 Å². The van der Waals surface area contributed by atoms with Gasteiger partial charge in [0.2, 0.25) is 0 Å². The lowest BCUT2D eigenvalue weighted by atomic mass is 9.86. The number of hydrogen-bond donors (Lipinski definition) is 0. The molecule has 26 heavy (non-hydrogen) atoms. The second kappa shape index (κ2) is 7.72. The number of anilines is 1. The first-order valence-electron chi connectivity index (χ1n) is 8.57. The van der Waals surface area contributed by atoms with Crippen LogP contribution in [-0.2, 0) is 9.53 Å². The summed E-state index contributed by atoms with van der Waals surface area (Å²) in [6, 6.07) is 22.2. The quantitative estimate of drug-likeness (QED) is 0.793. The molecule has 5 heteroatoms. The molecule has 0 radical (unpaired) electrons. The fraction of sp³-hybridized carbons (Fsp3) is 0.286. The summed E-state index contributed by atoms with van der Waals surface area (Å²) in [6.45, 7) is 1.96. The highest BCUT2D eigenvalue weighted by molar-refractivity contribution is 5.83. The number of esters is 1. The molecule has 0 unspecified atom stereocenters. The van der Waals surface area contributed by atoms with Gasteiger partial charge in [0.25, 0.3) is 0 Å². The maximum atomic E-state index is 12.7. The maximum Gasteiger partial charge on any atom is 0.330 e. The topological polar surface area (TPSA) is 77.1 Å². The van der Waals surface area contributed by atoms with Gasteiger partial charge in [-0.2, -0.15) is 10.5 Å². The SMILES string of the molecule is CCOC(=O)[C@@H]1[C@H](C#N)[C@@H](C#N)[C@@H](c2ccccc2)N1c1ccccc1. The van der Waals surface area contributed by atoms with Crippen LogP contribution in [-0.4, -0.2) is 18.6 Å². The van der Waals surface area contributed by atoms with Crippen LogP contribution in [0.1, 0.15) is 18.5 Å². The number of nitriles is 2. The fourth-order valence-corrected chi connectivity index (χ4v) is 3.64. The van der Waals surface area contributed by atoms with Crippen LogP contribution in [0, 0.1) is 34.5 Å². The first kappa shape index (κ1) is 17.5. The van der Waals surface area contributed by atoms with Crippen LogP contribution in [0.4, 0.5) is 5.69 Å². The van der Waals surface area contributed by atoms with Crippen molar-refractivity contribution in [2.75, 3.05) is 11.5 Å². The summed E-state index contributed by atoms with van der Waals surface area (Å²) in [5.74, 6) is -1.89. The number of carbonyl (C=O) groups is 1. The molecule has 1 aliphatic rings. The smallest absolute Gasteiger partial charge is 0.330 e. The molecule has 0 N–H and O–H groups in total. The number of para-hydroxylation sites is 1. The Bertz CT molecular complexity index is 839. The summed E-state index contributed by atoms with van der Waals surface area (Å²) in [5, 5.41) is 19.6. The van der Waals surface area contributed by atoms with Gasteiger partial charge in [0.15, 0.2) is 0 Å². The van der Waals surface area contributed by atoms with E-state index < -0.39 is 29.9 Å². The van der Waals surface area contributed by atoms with Crippen molar-refractivity contribution < 1.29 is 9.53 Å². The summed E-state index contributed by atoms with van der Waals surface area (Å²) < 4.78 is 5.25. The molecule has 0 amide bonds. The molecule has 5 nitrogen and oxygen atoms in total. The first-order chi connectivity index (χ1) is 12.7. The van der Waals surface area contributed by atoms with E-state index in [4.69, 9.17) is 4.74 Å². The van der Waals surface area contributed by atoms with Crippen molar-refractivity contribution in [3.05, 3.63) is 66.2 Å². The lowest BCUT2D eigenvalue weighted by Crippen LogP contribution is -2.41. The van der Waals surface area contributed by atoms with Gasteiger partial charge in [0.05, 0.1) is 36.6 Å². The van der Waals surface area contributed by atoms with E-state index in [0.29, 0.717) is 0 Å². The molecule has 1 heterocycles. The number of carbonyl (C=O) groups excluding carboxylic acids is 1. The second-order valence-electron chi connectivity index (χ2n) is 6.10. The van der Waals surface area contributed by atoms with E-state index >= 15 is 0 Å². The molecule has 0 saturated carbocycles. The van der Waals surface area contributed by atoms with Crippen LogP contribution in [0.25, 0.3) is 0 Å². The Morgan fingerprint density at radius 3 is 2.12 bits per heavy atom. The lowest BCUT2D eigenvalue weighted by molar-refractivity contribution is -0.145. The van der Waals surface area contributed by atoms with Crippen molar-refractivity contribution in [2.45, 2.75) is 19.0 Å². The molecule has 1 saturated heterocycles. The molecule has 3 rings (SSSR count). The Morgan fingerprint density at radius 2 is 1.58 bits per heavy atom. The highest BCUT2D eigenvalue weighted by Gasteiger charge is 2.54. The number of benzene rings is 2. The normalized spacial score (nSPS) is 24.5. The Hall–Kier alpha value is -3.31. The summed E-state index contributed by atoms with van der Waals surface area (Å²) in [7, 11) is 0. The second-order valence-corrected chi connectivity index (χ2v) is 6.10. The minimum atomic E-state index is -0.822. The molecule has 130 valence electrons. The zero-order chi connectivity index (χ0) is 18.5. The van der Waals surface area contributed by atoms with E-state index in [1.165, 1.54) is 0 Å². The van der Waals surface area contributed by atoms with E-state index in [0.717, 1.165) is 11.3 Å². The number of nitrogens with zero attached hydrogens (tertiary/aromatic N) is 3. The molecular weight excluding hydrogens is 326 g/mol. The third-order valence-corrected chi connectivity index (χ3v) is 4.69. The minimum Gasteiger partial charge on any atom is -0.464 e. The number of ether oxygens (including phenoxy) is 1. The standard InChI is InChI=1S/C21H19N3O2/c1-2-26-21(25)20-18(14-23)17(13-22)19(15-9-5-3-6-10-15)24(20)16-11-7-4-8-12-16/h3-12,17-20H,2H2,1H3/t17-,18-,19-,20+/m1/s1. The van der Waals surface area contributed by atoms with Gasteiger partial charge in [-0.3, -0.25) is 0 Å². The fourth-order valence-electron chi connectivity index (χ4n) is 3.64. The van der Waals surface area contributed by atoms with Crippen LogP contribution >= 0.6 is 0 Å². The monoisotopic (exact) mass is 345 g/mol. The van der Waals surface area contributed by atoms with Gasteiger partial charge in [0.1, 0.15) is 6.04 Å². The summed E-state index contributed by atoms with van der Waals surface area (Å²) >= 11 is 0. The Balaban J connectivity index is 2.18. The third kappa shape index (κ3) is 3.00. The predicted octanol–water partition coefficient (Wildman–Crippen LogP) is 3.46. The van der Waals surface area contributed by atoms with E-state index in [1.54, 1.807) is 6.92 Å². The van der Waals surface area contributed by atoms with Crippen molar-refractivity contribution in [3.8, 4) is 12.1 Å². The van der Waals surface area contributed by atoms with E-state index in [2.05, 4.69) is 12.1 Å². The van der Waals surface area contributed by atoms with Crippen LogP contribution < -0.4 is 4.90 Å². The highest BCUT2D eigenvalue weighted by atomic mass is 16.5. The van der Waals surface area contributed by atoms with Crippen LogP contribution in [0.2, 0.25) is 0 Å². The van der Waals surface area contributed by atoms with Crippen molar-refractivity contribution in [1.82, 2.24) is 0 Å². The predicted molar refractivity (Wildman–Crippen MR) is 96.7 cm³/mol. The molecule has 1 fully saturated rings. The Morgan fingerprint density at radius 1 is 1.00 bits per heavy atom. The molecule has 0 aliphatic carbocycles. The van der Waals surface area contributed by atoms with Crippen molar-refractivity contribution in [1.29, 1.82) is 10.5 Å². The van der Waals surface area contributed by atoms with Gasteiger partial charge in [0, 0.05) is 5.69 Å². The molecule has 1 aliphatic heterocycles. The molecule has 4 atom stereocenters. The minimum absolute atomic E-state index is 0.226. The van der Waals surface area contributed by atoms with Crippen LogP contribution in [0.3, 0.4) is 0 Å². The first-order valence-corrected chi connectivity index (χ1v) is 8.57. The van der Waals surface area contributed by atoms with E-state index in [-0.39, 0.29) is 6.61 Å².